The van der Waals surface area contributed by atoms with Crippen LogP contribution in [0.1, 0.15) is 13.8 Å². The van der Waals surface area contributed by atoms with E-state index >= 15 is 0 Å². The van der Waals surface area contributed by atoms with Gasteiger partial charge in [0.25, 0.3) is 0 Å². The number of nitrogens with two attached hydrogens (primary N) is 1. The zero-order valence-corrected chi connectivity index (χ0v) is 8.26. The molecule has 1 aliphatic rings. The van der Waals surface area contributed by atoms with E-state index in [1.54, 1.807) is 0 Å². The molecule has 0 aromatic rings. The van der Waals surface area contributed by atoms with Crippen LogP contribution in [0.15, 0.2) is 0 Å². The highest BCUT2D eigenvalue weighted by atomic mass is 16.4. The number of hydrogen-bond donors (Lipinski definition) is 4. The molecule has 1 fully saturated rings. The standard InChI is InChI=1S/C4H10N2.C4H9NO2/c1-2-6-4-3-5-1;1-4(2,5)3(6)7/h5-6H,1-4H2;5H2,1-2H3,(H,6,7). The number of piperazine rings is 1. The quantitative estimate of drug-likeness (QED) is 0.424. The SMILES string of the molecule is C1CNCCN1.CC(C)(N)C(=O)O. The molecule has 5 nitrogen and oxygen atoms in total. The maximum absolute atomic E-state index is 9.90. The number of carbonyl (C=O) groups is 1. The highest BCUT2D eigenvalue weighted by molar-refractivity contribution is 5.77. The molecule has 0 aromatic heterocycles. The van der Waals surface area contributed by atoms with E-state index in [4.69, 9.17) is 10.8 Å². The van der Waals surface area contributed by atoms with Crippen molar-refractivity contribution < 1.29 is 9.90 Å². The van der Waals surface area contributed by atoms with Gasteiger partial charge in [-0.15, -0.1) is 0 Å². The number of hydrogen-bond acceptors (Lipinski definition) is 4. The first-order valence-electron chi connectivity index (χ1n) is 4.38. The molecule has 0 spiro atoms. The van der Waals surface area contributed by atoms with Gasteiger partial charge in [0.15, 0.2) is 0 Å². The number of nitrogens with one attached hydrogen (secondary N) is 2. The predicted molar refractivity (Wildman–Crippen MR) is 51.6 cm³/mol. The minimum atomic E-state index is -1.08. The molecule has 0 bridgehead atoms. The normalized spacial score (nSPS) is 17.2. The third kappa shape index (κ3) is 7.70. The molecule has 0 aliphatic carbocycles. The van der Waals surface area contributed by atoms with Crippen LogP contribution in [0.4, 0.5) is 0 Å². The van der Waals surface area contributed by atoms with Crippen molar-refractivity contribution in [1.29, 1.82) is 0 Å². The molecule has 13 heavy (non-hydrogen) atoms. The van der Waals surface area contributed by atoms with Crippen molar-refractivity contribution in [3.8, 4) is 0 Å². The number of aliphatic carboxylic acids is 1. The van der Waals surface area contributed by atoms with Gasteiger partial charge in [-0.05, 0) is 13.8 Å². The van der Waals surface area contributed by atoms with E-state index < -0.39 is 11.5 Å². The summed E-state index contributed by atoms with van der Waals surface area (Å²) in [5, 5.41) is 14.6. The molecule has 1 saturated heterocycles. The molecule has 78 valence electrons. The van der Waals surface area contributed by atoms with Gasteiger partial charge in [-0.1, -0.05) is 0 Å². The van der Waals surface area contributed by atoms with E-state index in [1.165, 1.54) is 13.8 Å². The summed E-state index contributed by atoms with van der Waals surface area (Å²) < 4.78 is 0. The molecule has 0 radical (unpaired) electrons. The zero-order valence-electron chi connectivity index (χ0n) is 8.26. The maximum atomic E-state index is 9.90. The molecule has 0 aromatic carbocycles. The lowest BCUT2D eigenvalue weighted by Crippen LogP contribution is -2.41. The van der Waals surface area contributed by atoms with Crippen LogP contribution in [0.3, 0.4) is 0 Å². The van der Waals surface area contributed by atoms with Crippen LogP contribution in [0.2, 0.25) is 0 Å². The van der Waals surface area contributed by atoms with Crippen LogP contribution in [-0.4, -0.2) is 42.8 Å². The molecule has 1 heterocycles. The van der Waals surface area contributed by atoms with Gasteiger partial charge in [0.2, 0.25) is 0 Å². The average Bonchev–Trinajstić information content (AvgIpc) is 2.07. The summed E-state index contributed by atoms with van der Waals surface area (Å²) in [5.74, 6) is -0.979. The Balaban J connectivity index is 0.000000223. The van der Waals surface area contributed by atoms with Crippen molar-refractivity contribution >= 4 is 5.97 Å². The van der Waals surface area contributed by atoms with Crippen LogP contribution >= 0.6 is 0 Å². The fraction of sp³-hybridized carbons (Fsp3) is 0.875. The van der Waals surface area contributed by atoms with Gasteiger partial charge < -0.3 is 21.5 Å². The molecule has 0 unspecified atom stereocenters. The van der Waals surface area contributed by atoms with Crippen molar-refractivity contribution in [1.82, 2.24) is 10.6 Å². The summed E-state index contributed by atoms with van der Waals surface area (Å²) in [6, 6.07) is 0. The number of rotatable bonds is 1. The van der Waals surface area contributed by atoms with E-state index in [9.17, 15) is 4.79 Å². The van der Waals surface area contributed by atoms with Crippen molar-refractivity contribution in [3.63, 3.8) is 0 Å². The molecule has 5 heteroatoms. The lowest BCUT2D eigenvalue weighted by Gasteiger charge is -2.11. The molecule has 0 atom stereocenters. The zero-order chi connectivity index (χ0) is 10.3. The molecule has 5 N–H and O–H groups in total. The van der Waals surface area contributed by atoms with Crippen LogP contribution < -0.4 is 16.4 Å². The second kappa shape index (κ2) is 5.90. The Bertz CT molecular complexity index is 138. The fourth-order valence-electron chi connectivity index (χ4n) is 0.604. The van der Waals surface area contributed by atoms with Crippen LogP contribution in [-0.2, 0) is 4.79 Å². The highest BCUT2D eigenvalue weighted by Gasteiger charge is 2.19. The summed E-state index contributed by atoms with van der Waals surface area (Å²) >= 11 is 0. The van der Waals surface area contributed by atoms with E-state index in [1.807, 2.05) is 0 Å². The Kier molecular flexibility index (Phi) is 5.61. The molecule has 1 aliphatic heterocycles. The second-order valence-corrected chi connectivity index (χ2v) is 3.53. The number of carboxylic acid groups (broad SMARTS) is 1. The maximum Gasteiger partial charge on any atom is 0.323 e. The van der Waals surface area contributed by atoms with Crippen LogP contribution in [0.25, 0.3) is 0 Å². The monoisotopic (exact) mass is 189 g/mol. The first-order chi connectivity index (χ1) is 5.94. The smallest absolute Gasteiger partial charge is 0.323 e. The second-order valence-electron chi connectivity index (χ2n) is 3.53. The van der Waals surface area contributed by atoms with Gasteiger partial charge in [0.1, 0.15) is 5.54 Å². The predicted octanol–water partition coefficient (Wildman–Crippen LogP) is -1.01. The molecular weight excluding hydrogens is 170 g/mol. The summed E-state index contributed by atoms with van der Waals surface area (Å²) in [7, 11) is 0. The third-order valence-electron chi connectivity index (χ3n) is 1.51. The van der Waals surface area contributed by atoms with Gasteiger partial charge in [-0.3, -0.25) is 4.79 Å². The minimum Gasteiger partial charge on any atom is -0.480 e. The van der Waals surface area contributed by atoms with Gasteiger partial charge >= 0.3 is 5.97 Å². The molecular formula is C8H19N3O2. The van der Waals surface area contributed by atoms with E-state index in [-0.39, 0.29) is 0 Å². The Morgan fingerprint density at radius 2 is 1.46 bits per heavy atom. The van der Waals surface area contributed by atoms with Gasteiger partial charge in [0, 0.05) is 26.2 Å². The molecule has 0 amide bonds. The fourth-order valence-corrected chi connectivity index (χ4v) is 0.604. The average molecular weight is 189 g/mol. The largest absolute Gasteiger partial charge is 0.480 e. The first-order valence-corrected chi connectivity index (χ1v) is 4.38. The Labute approximate surface area is 78.7 Å². The number of carboxylic acids is 1. The van der Waals surface area contributed by atoms with Crippen molar-refractivity contribution in [2.75, 3.05) is 26.2 Å². The Morgan fingerprint density at radius 1 is 1.23 bits per heavy atom. The van der Waals surface area contributed by atoms with Gasteiger partial charge in [-0.2, -0.15) is 0 Å². The summed E-state index contributed by atoms with van der Waals surface area (Å²) in [6.07, 6.45) is 0. The van der Waals surface area contributed by atoms with Gasteiger partial charge in [0.05, 0.1) is 0 Å². The summed E-state index contributed by atoms with van der Waals surface area (Å²) in [5.41, 5.74) is 4.00. The minimum absolute atomic E-state index is 0.979. The van der Waals surface area contributed by atoms with Crippen LogP contribution in [0, 0.1) is 0 Å². The highest BCUT2D eigenvalue weighted by Crippen LogP contribution is 1.93. The van der Waals surface area contributed by atoms with Gasteiger partial charge in [-0.25, -0.2) is 0 Å². The Morgan fingerprint density at radius 3 is 1.54 bits per heavy atom. The molecule has 0 saturated carbocycles. The topological polar surface area (TPSA) is 87.4 Å². The van der Waals surface area contributed by atoms with E-state index in [2.05, 4.69) is 10.6 Å². The van der Waals surface area contributed by atoms with E-state index in [0.717, 1.165) is 26.2 Å². The third-order valence-corrected chi connectivity index (χ3v) is 1.51. The summed E-state index contributed by atoms with van der Waals surface area (Å²) in [4.78, 5) is 9.90. The van der Waals surface area contributed by atoms with E-state index in [0.29, 0.717) is 0 Å². The van der Waals surface area contributed by atoms with Crippen LogP contribution in [0.5, 0.6) is 0 Å². The van der Waals surface area contributed by atoms with Crippen molar-refractivity contribution in [3.05, 3.63) is 0 Å². The first kappa shape index (κ1) is 12.3. The molecule has 1 rings (SSSR count). The Hall–Kier alpha value is -0.650. The lowest BCUT2D eigenvalue weighted by molar-refractivity contribution is -0.141. The van der Waals surface area contributed by atoms with Crippen molar-refractivity contribution in [2.45, 2.75) is 19.4 Å². The summed E-state index contributed by atoms with van der Waals surface area (Å²) in [6.45, 7) is 7.44. The van der Waals surface area contributed by atoms with Crippen molar-refractivity contribution in [2.24, 2.45) is 5.73 Å². The lowest BCUT2D eigenvalue weighted by atomic mass is 10.1.